The van der Waals surface area contributed by atoms with Crippen LogP contribution < -0.4 is 15.8 Å². The van der Waals surface area contributed by atoms with Crippen LogP contribution in [0.2, 0.25) is 0 Å². The molecule has 0 radical (unpaired) electrons. The van der Waals surface area contributed by atoms with Crippen LogP contribution in [0.25, 0.3) is 0 Å². The van der Waals surface area contributed by atoms with Gasteiger partial charge in [0.25, 0.3) is 0 Å². The van der Waals surface area contributed by atoms with Gasteiger partial charge in [-0.25, -0.2) is 4.39 Å². The normalized spacial score (nSPS) is 12.2. The summed E-state index contributed by atoms with van der Waals surface area (Å²) in [6, 6.07) is 7.07. The Bertz CT molecular complexity index is 557. The maximum Gasteiger partial charge on any atom is 0.148 e. The molecule has 0 fully saturated rings. The fourth-order valence-corrected chi connectivity index (χ4v) is 2.92. The fourth-order valence-electron chi connectivity index (χ4n) is 2.11. The molecule has 2 aromatic rings. The number of hydrogen-bond acceptors (Lipinski definition) is 4. The van der Waals surface area contributed by atoms with Gasteiger partial charge in [-0.05, 0) is 17.9 Å². The molecule has 3 N–H and O–H groups in total. The van der Waals surface area contributed by atoms with Gasteiger partial charge in [0.05, 0.1) is 24.5 Å². The Balaban J connectivity index is 2.26. The number of anilines is 2. The summed E-state index contributed by atoms with van der Waals surface area (Å²) in [7, 11) is 1.52. The Morgan fingerprint density at radius 2 is 2.25 bits per heavy atom. The molecule has 0 saturated heterocycles. The van der Waals surface area contributed by atoms with Crippen molar-refractivity contribution in [3.05, 3.63) is 40.3 Å². The third-order valence-corrected chi connectivity index (χ3v) is 4.10. The largest absolute Gasteiger partial charge is 0.495 e. The molecular weight excluding hydrogens is 275 g/mol. The van der Waals surface area contributed by atoms with E-state index in [0.29, 0.717) is 17.1 Å². The number of nitrogens with one attached hydrogen (secondary N) is 1. The number of halogens is 1. The predicted molar refractivity (Wildman–Crippen MR) is 83.0 cm³/mol. The standard InChI is InChI=1S/C15H19FN2OS/c1-3-5-12(15-6-4-7-20-15)18-13-9-14(19-2)11(17)8-10(13)16/h4,6-9,12,18H,3,5,17H2,1-2H3. The van der Waals surface area contributed by atoms with Crippen LogP contribution in [0, 0.1) is 5.82 Å². The molecule has 1 unspecified atom stereocenters. The van der Waals surface area contributed by atoms with Crippen molar-refractivity contribution in [2.75, 3.05) is 18.2 Å². The first-order chi connectivity index (χ1) is 9.65. The molecule has 0 bridgehead atoms. The monoisotopic (exact) mass is 294 g/mol. The Labute approximate surface area is 122 Å². The summed E-state index contributed by atoms with van der Waals surface area (Å²) in [6.07, 6.45) is 1.95. The molecule has 1 atom stereocenters. The van der Waals surface area contributed by atoms with Crippen molar-refractivity contribution in [3.63, 3.8) is 0 Å². The lowest BCUT2D eigenvalue weighted by Gasteiger charge is -2.19. The van der Waals surface area contributed by atoms with Crippen LogP contribution in [0.15, 0.2) is 29.6 Å². The minimum Gasteiger partial charge on any atom is -0.495 e. The smallest absolute Gasteiger partial charge is 0.148 e. The third kappa shape index (κ3) is 3.22. The average Bonchev–Trinajstić information content (AvgIpc) is 2.95. The number of rotatable bonds is 6. The van der Waals surface area contributed by atoms with E-state index in [4.69, 9.17) is 10.5 Å². The number of nitrogens with two attached hydrogens (primary N) is 1. The van der Waals surface area contributed by atoms with Gasteiger partial charge in [0.1, 0.15) is 11.6 Å². The molecule has 0 aliphatic heterocycles. The summed E-state index contributed by atoms with van der Waals surface area (Å²) in [6.45, 7) is 2.11. The van der Waals surface area contributed by atoms with Gasteiger partial charge in [0.2, 0.25) is 0 Å². The third-order valence-electron chi connectivity index (χ3n) is 3.11. The second kappa shape index (κ2) is 6.61. The second-order valence-corrected chi connectivity index (χ2v) is 5.55. The number of hydrogen-bond donors (Lipinski definition) is 2. The number of nitrogen functional groups attached to an aromatic ring is 1. The molecule has 108 valence electrons. The molecule has 1 aromatic carbocycles. The summed E-state index contributed by atoms with van der Waals surface area (Å²) in [5.41, 5.74) is 6.42. The number of methoxy groups -OCH3 is 1. The molecule has 0 aliphatic carbocycles. The van der Waals surface area contributed by atoms with E-state index in [1.807, 2.05) is 11.4 Å². The van der Waals surface area contributed by atoms with Crippen molar-refractivity contribution in [3.8, 4) is 5.75 Å². The lowest BCUT2D eigenvalue weighted by atomic mass is 10.1. The zero-order chi connectivity index (χ0) is 14.5. The molecule has 0 spiro atoms. The number of ether oxygens (including phenoxy) is 1. The minimum absolute atomic E-state index is 0.0998. The molecule has 0 saturated carbocycles. The van der Waals surface area contributed by atoms with E-state index in [2.05, 4.69) is 18.3 Å². The molecule has 1 heterocycles. The molecule has 2 rings (SSSR count). The zero-order valence-corrected chi connectivity index (χ0v) is 12.5. The van der Waals surface area contributed by atoms with Gasteiger partial charge in [-0.15, -0.1) is 11.3 Å². The van der Waals surface area contributed by atoms with Gasteiger partial charge in [-0.2, -0.15) is 0 Å². The molecular formula is C15H19FN2OS. The highest BCUT2D eigenvalue weighted by Gasteiger charge is 2.15. The predicted octanol–water partition coefficient (Wildman–Crippen LogP) is 4.43. The van der Waals surface area contributed by atoms with Gasteiger partial charge >= 0.3 is 0 Å². The Morgan fingerprint density at radius 1 is 1.45 bits per heavy atom. The zero-order valence-electron chi connectivity index (χ0n) is 11.7. The van der Waals surface area contributed by atoms with Crippen LogP contribution in [-0.2, 0) is 0 Å². The molecule has 0 aliphatic rings. The van der Waals surface area contributed by atoms with Gasteiger partial charge < -0.3 is 15.8 Å². The average molecular weight is 294 g/mol. The van der Waals surface area contributed by atoms with Crippen LogP contribution in [0.1, 0.15) is 30.7 Å². The Kier molecular flexibility index (Phi) is 4.84. The first kappa shape index (κ1) is 14.7. The van der Waals surface area contributed by atoms with E-state index in [1.165, 1.54) is 18.1 Å². The lowest BCUT2D eigenvalue weighted by Crippen LogP contribution is -2.11. The molecule has 0 amide bonds. The van der Waals surface area contributed by atoms with Gasteiger partial charge in [-0.3, -0.25) is 0 Å². The minimum atomic E-state index is -0.360. The lowest BCUT2D eigenvalue weighted by molar-refractivity contribution is 0.416. The summed E-state index contributed by atoms with van der Waals surface area (Å²) in [5.74, 6) is 0.122. The van der Waals surface area contributed by atoms with Crippen molar-refractivity contribution >= 4 is 22.7 Å². The molecule has 5 heteroatoms. The van der Waals surface area contributed by atoms with E-state index in [1.54, 1.807) is 17.4 Å². The van der Waals surface area contributed by atoms with E-state index in [0.717, 1.165) is 12.8 Å². The summed E-state index contributed by atoms with van der Waals surface area (Å²) in [5, 5.41) is 5.28. The van der Waals surface area contributed by atoms with Crippen molar-refractivity contribution in [2.45, 2.75) is 25.8 Å². The summed E-state index contributed by atoms with van der Waals surface area (Å²) in [4.78, 5) is 1.20. The quantitative estimate of drug-likeness (QED) is 0.775. The van der Waals surface area contributed by atoms with Crippen LogP contribution in [-0.4, -0.2) is 7.11 Å². The van der Waals surface area contributed by atoms with Crippen LogP contribution >= 0.6 is 11.3 Å². The summed E-state index contributed by atoms with van der Waals surface area (Å²) < 4.78 is 19.2. The first-order valence-corrected chi connectivity index (χ1v) is 7.46. The van der Waals surface area contributed by atoms with Crippen LogP contribution in [0.3, 0.4) is 0 Å². The molecule has 3 nitrogen and oxygen atoms in total. The van der Waals surface area contributed by atoms with Crippen molar-refractivity contribution in [1.29, 1.82) is 0 Å². The van der Waals surface area contributed by atoms with Gasteiger partial charge in [0.15, 0.2) is 0 Å². The van der Waals surface area contributed by atoms with Crippen molar-refractivity contribution in [2.24, 2.45) is 0 Å². The number of thiophene rings is 1. The maximum atomic E-state index is 14.0. The van der Waals surface area contributed by atoms with E-state index >= 15 is 0 Å². The van der Waals surface area contributed by atoms with E-state index < -0.39 is 0 Å². The van der Waals surface area contributed by atoms with E-state index in [-0.39, 0.29) is 11.9 Å². The van der Waals surface area contributed by atoms with Crippen LogP contribution in [0.5, 0.6) is 5.75 Å². The van der Waals surface area contributed by atoms with Crippen molar-refractivity contribution < 1.29 is 9.13 Å². The molecule has 1 aromatic heterocycles. The van der Waals surface area contributed by atoms with E-state index in [9.17, 15) is 4.39 Å². The van der Waals surface area contributed by atoms with Gasteiger partial charge in [-0.1, -0.05) is 19.4 Å². The van der Waals surface area contributed by atoms with Gasteiger partial charge in [0, 0.05) is 17.0 Å². The highest BCUT2D eigenvalue weighted by molar-refractivity contribution is 7.10. The SMILES string of the molecule is CCCC(Nc1cc(OC)c(N)cc1F)c1cccs1. The Morgan fingerprint density at radius 3 is 2.85 bits per heavy atom. The molecule has 20 heavy (non-hydrogen) atoms. The Hall–Kier alpha value is -1.75. The van der Waals surface area contributed by atoms with Crippen molar-refractivity contribution in [1.82, 2.24) is 0 Å². The first-order valence-electron chi connectivity index (χ1n) is 6.58. The van der Waals surface area contributed by atoms with Crippen LogP contribution in [0.4, 0.5) is 15.8 Å². The fraction of sp³-hybridized carbons (Fsp3) is 0.333. The highest BCUT2D eigenvalue weighted by Crippen LogP contribution is 2.33. The highest BCUT2D eigenvalue weighted by atomic mass is 32.1. The maximum absolute atomic E-state index is 14.0. The second-order valence-electron chi connectivity index (χ2n) is 4.58. The topological polar surface area (TPSA) is 47.3 Å². The summed E-state index contributed by atoms with van der Waals surface area (Å²) >= 11 is 1.67. The number of benzene rings is 1.